The number of aryl methyl sites for hydroxylation is 1. The van der Waals surface area contributed by atoms with Crippen molar-refractivity contribution in [3.05, 3.63) is 53.1 Å². The standard InChI is InChI=1S/C22H26FN3O3/c1-15-20(16(2)26(25-15)19-5-3-17(23)4-6-19)7-8-21(27)24-18-9-11-22(12-10-18)28-13-14-29-22/h3-8,18H,9-14H2,1-2H3,(H,24,27). The minimum absolute atomic E-state index is 0.118. The van der Waals surface area contributed by atoms with Crippen molar-refractivity contribution in [1.29, 1.82) is 0 Å². The maximum absolute atomic E-state index is 13.2. The second-order valence-corrected chi connectivity index (χ2v) is 7.70. The van der Waals surface area contributed by atoms with Crippen LogP contribution in [0, 0.1) is 19.7 Å². The Bertz CT molecular complexity index is 904. The number of ether oxygens (including phenoxy) is 2. The van der Waals surface area contributed by atoms with E-state index in [1.54, 1.807) is 29.0 Å². The van der Waals surface area contributed by atoms with Crippen molar-refractivity contribution in [1.82, 2.24) is 15.1 Å². The average Bonchev–Trinajstić information content (AvgIpc) is 3.28. The number of nitrogens with one attached hydrogen (secondary N) is 1. The zero-order chi connectivity index (χ0) is 20.4. The van der Waals surface area contributed by atoms with E-state index in [0.29, 0.717) is 13.2 Å². The second-order valence-electron chi connectivity index (χ2n) is 7.70. The molecule has 4 rings (SSSR count). The first kappa shape index (κ1) is 19.8. The summed E-state index contributed by atoms with van der Waals surface area (Å²) in [6.45, 7) is 5.14. The number of benzene rings is 1. The van der Waals surface area contributed by atoms with Crippen molar-refractivity contribution in [2.45, 2.75) is 51.4 Å². The van der Waals surface area contributed by atoms with Gasteiger partial charge in [-0.2, -0.15) is 5.10 Å². The fourth-order valence-corrected chi connectivity index (χ4v) is 4.13. The van der Waals surface area contributed by atoms with Gasteiger partial charge in [0, 0.05) is 36.2 Å². The summed E-state index contributed by atoms with van der Waals surface area (Å²) in [5.41, 5.74) is 3.38. The zero-order valence-electron chi connectivity index (χ0n) is 16.8. The van der Waals surface area contributed by atoms with Gasteiger partial charge in [-0.05, 0) is 57.0 Å². The van der Waals surface area contributed by atoms with Gasteiger partial charge in [-0.15, -0.1) is 0 Å². The lowest BCUT2D eigenvalue weighted by Gasteiger charge is -2.35. The average molecular weight is 399 g/mol. The summed E-state index contributed by atoms with van der Waals surface area (Å²) in [6.07, 6.45) is 6.66. The molecule has 0 unspecified atom stereocenters. The number of amides is 1. The first-order valence-electron chi connectivity index (χ1n) is 10.0. The summed E-state index contributed by atoms with van der Waals surface area (Å²) in [5.74, 6) is -0.820. The van der Waals surface area contributed by atoms with E-state index < -0.39 is 5.79 Å². The summed E-state index contributed by atoms with van der Waals surface area (Å²) >= 11 is 0. The highest BCUT2D eigenvalue weighted by Gasteiger charge is 2.40. The fraction of sp³-hybridized carbons (Fsp3) is 0.455. The monoisotopic (exact) mass is 399 g/mol. The molecule has 2 heterocycles. The lowest BCUT2D eigenvalue weighted by Crippen LogP contribution is -2.43. The predicted molar refractivity (Wildman–Crippen MR) is 107 cm³/mol. The van der Waals surface area contributed by atoms with E-state index in [9.17, 15) is 9.18 Å². The minimum Gasteiger partial charge on any atom is -0.350 e. The van der Waals surface area contributed by atoms with Crippen molar-refractivity contribution in [2.24, 2.45) is 0 Å². The predicted octanol–water partition coefficient (Wildman–Crippen LogP) is 3.44. The van der Waals surface area contributed by atoms with E-state index in [1.807, 2.05) is 13.8 Å². The molecule has 1 aliphatic heterocycles. The first-order valence-corrected chi connectivity index (χ1v) is 10.0. The Morgan fingerprint density at radius 1 is 1.21 bits per heavy atom. The second kappa shape index (κ2) is 8.08. The van der Waals surface area contributed by atoms with Crippen LogP contribution in [0.15, 0.2) is 30.3 Å². The largest absolute Gasteiger partial charge is 0.350 e. The molecule has 154 valence electrons. The molecular formula is C22H26FN3O3. The molecule has 6 nitrogen and oxygen atoms in total. The maximum Gasteiger partial charge on any atom is 0.244 e. The number of hydrogen-bond acceptors (Lipinski definition) is 4. The van der Waals surface area contributed by atoms with Gasteiger partial charge < -0.3 is 14.8 Å². The van der Waals surface area contributed by atoms with Gasteiger partial charge in [-0.25, -0.2) is 9.07 Å². The van der Waals surface area contributed by atoms with E-state index in [1.165, 1.54) is 12.1 Å². The van der Waals surface area contributed by atoms with Crippen molar-refractivity contribution in [3.8, 4) is 5.69 Å². The lowest BCUT2D eigenvalue weighted by atomic mass is 9.90. The Morgan fingerprint density at radius 2 is 1.86 bits per heavy atom. The SMILES string of the molecule is Cc1nn(-c2ccc(F)cc2)c(C)c1C=CC(=O)NC1CCC2(CC1)OCCO2. The molecule has 1 N–H and O–H groups in total. The molecule has 2 fully saturated rings. The smallest absolute Gasteiger partial charge is 0.244 e. The van der Waals surface area contributed by atoms with Crippen LogP contribution in [0.2, 0.25) is 0 Å². The summed E-state index contributed by atoms with van der Waals surface area (Å²) in [5, 5.41) is 7.60. The van der Waals surface area contributed by atoms with Gasteiger partial charge in [-0.3, -0.25) is 4.79 Å². The molecule has 2 aromatic rings. The number of carbonyl (C=O) groups excluding carboxylic acids is 1. The number of hydrogen-bond donors (Lipinski definition) is 1. The number of carbonyl (C=O) groups is 1. The highest BCUT2D eigenvalue weighted by atomic mass is 19.1. The van der Waals surface area contributed by atoms with E-state index in [-0.39, 0.29) is 17.8 Å². The molecule has 1 aliphatic carbocycles. The van der Waals surface area contributed by atoms with Crippen molar-refractivity contribution in [2.75, 3.05) is 13.2 Å². The summed E-state index contributed by atoms with van der Waals surface area (Å²) in [6, 6.07) is 6.32. The van der Waals surface area contributed by atoms with Crippen molar-refractivity contribution in [3.63, 3.8) is 0 Å². The van der Waals surface area contributed by atoms with Gasteiger partial charge in [-0.1, -0.05) is 0 Å². The molecule has 29 heavy (non-hydrogen) atoms. The summed E-state index contributed by atoms with van der Waals surface area (Å²) in [4.78, 5) is 12.4. The van der Waals surface area contributed by atoms with E-state index >= 15 is 0 Å². The van der Waals surface area contributed by atoms with Gasteiger partial charge in [0.05, 0.1) is 24.6 Å². The van der Waals surface area contributed by atoms with Crippen LogP contribution in [0.5, 0.6) is 0 Å². The van der Waals surface area contributed by atoms with E-state index in [2.05, 4.69) is 10.4 Å². The Morgan fingerprint density at radius 3 is 2.52 bits per heavy atom. The molecule has 0 atom stereocenters. The van der Waals surface area contributed by atoms with Crippen molar-refractivity contribution >= 4 is 12.0 Å². The third-order valence-corrected chi connectivity index (χ3v) is 5.73. The molecule has 0 bridgehead atoms. The van der Waals surface area contributed by atoms with Crippen LogP contribution >= 0.6 is 0 Å². The highest BCUT2D eigenvalue weighted by Crippen LogP contribution is 2.35. The molecule has 0 radical (unpaired) electrons. The Balaban J connectivity index is 1.39. The molecule has 7 heteroatoms. The molecule has 1 spiro atoms. The molecule has 1 aromatic carbocycles. The topological polar surface area (TPSA) is 65.4 Å². The molecular weight excluding hydrogens is 373 g/mol. The normalized spacial score (nSPS) is 19.3. The van der Waals surface area contributed by atoms with Crippen LogP contribution in [0.3, 0.4) is 0 Å². The van der Waals surface area contributed by atoms with Crippen LogP contribution in [-0.4, -0.2) is 40.7 Å². The summed E-state index contributed by atoms with van der Waals surface area (Å²) < 4.78 is 26.4. The number of halogens is 1. The lowest BCUT2D eigenvalue weighted by molar-refractivity contribution is -0.179. The Hall–Kier alpha value is -2.51. The quantitative estimate of drug-likeness (QED) is 0.800. The van der Waals surface area contributed by atoms with Crippen LogP contribution in [0.1, 0.15) is 42.6 Å². The van der Waals surface area contributed by atoms with Gasteiger partial charge in [0.1, 0.15) is 5.82 Å². The molecule has 1 amide bonds. The minimum atomic E-state index is -0.416. The molecule has 1 saturated carbocycles. The third-order valence-electron chi connectivity index (χ3n) is 5.73. The molecule has 1 saturated heterocycles. The Labute approximate surface area is 169 Å². The summed E-state index contributed by atoms with van der Waals surface area (Å²) in [7, 11) is 0. The van der Waals surface area contributed by atoms with E-state index in [4.69, 9.17) is 9.47 Å². The third kappa shape index (κ3) is 4.26. The fourth-order valence-electron chi connectivity index (χ4n) is 4.13. The maximum atomic E-state index is 13.2. The van der Waals surface area contributed by atoms with Gasteiger partial charge in [0.2, 0.25) is 5.91 Å². The van der Waals surface area contributed by atoms with Crippen LogP contribution in [0.4, 0.5) is 4.39 Å². The van der Waals surface area contributed by atoms with E-state index in [0.717, 1.165) is 48.3 Å². The van der Waals surface area contributed by atoms with Gasteiger partial charge in [0.15, 0.2) is 5.79 Å². The number of aromatic nitrogens is 2. The Kier molecular flexibility index (Phi) is 5.52. The van der Waals surface area contributed by atoms with Crippen molar-refractivity contribution < 1.29 is 18.7 Å². The number of nitrogens with zero attached hydrogens (tertiary/aromatic N) is 2. The molecule has 1 aromatic heterocycles. The van der Waals surface area contributed by atoms with Gasteiger partial charge >= 0.3 is 0 Å². The van der Waals surface area contributed by atoms with Gasteiger partial charge in [0.25, 0.3) is 0 Å². The van der Waals surface area contributed by atoms with Crippen LogP contribution in [-0.2, 0) is 14.3 Å². The first-order chi connectivity index (χ1) is 14.0. The van der Waals surface area contributed by atoms with Crippen LogP contribution in [0.25, 0.3) is 11.8 Å². The highest BCUT2D eigenvalue weighted by molar-refractivity contribution is 5.92. The number of rotatable bonds is 4. The zero-order valence-corrected chi connectivity index (χ0v) is 16.8. The van der Waals surface area contributed by atoms with Crippen LogP contribution < -0.4 is 5.32 Å². The molecule has 2 aliphatic rings.